The van der Waals surface area contributed by atoms with Gasteiger partial charge in [0.2, 0.25) is 0 Å². The summed E-state index contributed by atoms with van der Waals surface area (Å²) in [5.41, 5.74) is 0.898. The molecule has 9 heteroatoms. The van der Waals surface area contributed by atoms with Crippen LogP contribution in [0.25, 0.3) is 0 Å². The summed E-state index contributed by atoms with van der Waals surface area (Å²) in [6, 6.07) is 13.8. The van der Waals surface area contributed by atoms with Crippen molar-refractivity contribution < 1.29 is 27.5 Å². The zero-order valence-corrected chi connectivity index (χ0v) is 18.3. The van der Waals surface area contributed by atoms with Crippen LogP contribution in [0.1, 0.15) is 46.4 Å². The molecular formula is C22H24BrF3N2O3. The summed E-state index contributed by atoms with van der Waals surface area (Å²) in [6.07, 6.45) is -1.47. The van der Waals surface area contributed by atoms with Gasteiger partial charge >= 0.3 is 6.36 Å². The highest BCUT2D eigenvalue weighted by Crippen LogP contribution is 2.22. The summed E-state index contributed by atoms with van der Waals surface area (Å²) in [5.74, 6) is -0.813. The predicted octanol–water partition coefficient (Wildman–Crippen LogP) is 5.07. The van der Waals surface area contributed by atoms with E-state index in [-0.39, 0.29) is 28.0 Å². The Morgan fingerprint density at radius 3 is 1.81 bits per heavy atom. The normalized spacial score (nSPS) is 12.1. The number of nitrogens with one attached hydrogen (secondary N) is 2. The van der Waals surface area contributed by atoms with Crippen LogP contribution in [0.15, 0.2) is 54.6 Å². The lowest BCUT2D eigenvalue weighted by Gasteiger charge is -2.11. The molecule has 1 unspecified atom stereocenters. The van der Waals surface area contributed by atoms with E-state index in [0.717, 1.165) is 37.8 Å². The number of amides is 2. The lowest BCUT2D eigenvalue weighted by molar-refractivity contribution is -0.274. The first-order valence-corrected chi connectivity index (χ1v) is 10.8. The molecule has 2 amide bonds. The molecule has 0 bridgehead atoms. The number of alkyl halides is 4. The molecule has 0 saturated carbocycles. The van der Waals surface area contributed by atoms with E-state index in [1.165, 1.54) is 12.1 Å². The summed E-state index contributed by atoms with van der Waals surface area (Å²) in [5, 5.41) is 5.63. The second-order valence-corrected chi connectivity index (χ2v) is 8.13. The van der Waals surface area contributed by atoms with E-state index in [1.807, 2.05) is 18.2 Å². The molecule has 0 radical (unpaired) electrons. The number of carbonyl (C=O) groups is 2. The van der Waals surface area contributed by atoms with Gasteiger partial charge < -0.3 is 15.4 Å². The molecule has 0 spiro atoms. The first-order chi connectivity index (χ1) is 14.7. The second kappa shape index (κ2) is 12.3. The Hall–Kier alpha value is -2.55. The second-order valence-electron chi connectivity index (χ2n) is 6.83. The molecular weight excluding hydrogens is 477 g/mol. The Balaban J connectivity index is 1.57. The van der Waals surface area contributed by atoms with Crippen LogP contribution in [0.3, 0.4) is 0 Å². The number of ether oxygens (including phenoxy) is 1. The maximum Gasteiger partial charge on any atom is 0.573 e. The third-order valence-corrected chi connectivity index (χ3v) is 5.26. The van der Waals surface area contributed by atoms with Gasteiger partial charge in [-0.25, -0.2) is 0 Å². The fourth-order valence-corrected chi connectivity index (χ4v) is 3.44. The third kappa shape index (κ3) is 9.87. The maximum absolute atomic E-state index is 12.2. The van der Waals surface area contributed by atoms with Crippen molar-refractivity contribution in [3.63, 3.8) is 0 Å². The van der Waals surface area contributed by atoms with E-state index < -0.39 is 6.36 Å². The standard InChI is InChI=1S/C22H24BrF3N2O3/c23-18(8-4-14-27-20(29)16-6-2-1-3-7-16)9-5-15-28-21(30)17-10-12-19(13-11-17)31-22(24,25)26/h1-3,6-7,10-13,18H,4-5,8-9,14-15H2,(H,27,29)(H,28,30). The van der Waals surface area contributed by atoms with Gasteiger partial charge in [0, 0.05) is 29.0 Å². The lowest BCUT2D eigenvalue weighted by Crippen LogP contribution is -2.25. The Kier molecular flexibility index (Phi) is 9.84. The fraction of sp³-hybridized carbons (Fsp3) is 0.364. The Morgan fingerprint density at radius 1 is 0.839 bits per heavy atom. The van der Waals surface area contributed by atoms with E-state index in [4.69, 9.17) is 0 Å². The van der Waals surface area contributed by atoms with Gasteiger partial charge in [0.1, 0.15) is 5.75 Å². The molecule has 2 N–H and O–H groups in total. The number of benzene rings is 2. The first kappa shape index (κ1) is 24.7. The fourth-order valence-electron chi connectivity index (χ4n) is 2.80. The molecule has 0 aliphatic rings. The van der Waals surface area contributed by atoms with Crippen LogP contribution in [0.4, 0.5) is 13.2 Å². The predicted molar refractivity (Wildman–Crippen MR) is 115 cm³/mol. The quantitative estimate of drug-likeness (QED) is 0.334. The van der Waals surface area contributed by atoms with Crippen molar-refractivity contribution in [2.24, 2.45) is 0 Å². The molecule has 0 heterocycles. The van der Waals surface area contributed by atoms with E-state index in [0.29, 0.717) is 18.7 Å². The molecule has 2 aromatic carbocycles. The van der Waals surface area contributed by atoms with Gasteiger partial charge in [0.15, 0.2) is 0 Å². The van der Waals surface area contributed by atoms with Gasteiger partial charge in [0.05, 0.1) is 0 Å². The first-order valence-electron chi connectivity index (χ1n) is 9.86. The summed E-state index contributed by atoms with van der Waals surface area (Å²) in [6.45, 7) is 1.03. The number of rotatable bonds is 11. The number of carbonyl (C=O) groups excluding carboxylic acids is 2. The van der Waals surface area contributed by atoms with Gasteiger partial charge in [-0.05, 0) is 62.1 Å². The van der Waals surface area contributed by atoms with E-state index in [2.05, 4.69) is 31.3 Å². The summed E-state index contributed by atoms with van der Waals surface area (Å²) < 4.78 is 40.2. The number of halogens is 4. The van der Waals surface area contributed by atoms with Crippen molar-refractivity contribution in [3.05, 3.63) is 65.7 Å². The van der Waals surface area contributed by atoms with Crippen molar-refractivity contribution in [1.29, 1.82) is 0 Å². The van der Waals surface area contributed by atoms with E-state index >= 15 is 0 Å². The summed E-state index contributed by atoms with van der Waals surface area (Å²) in [7, 11) is 0. The smallest absolute Gasteiger partial charge is 0.406 e. The molecule has 5 nitrogen and oxygen atoms in total. The average Bonchev–Trinajstić information content (AvgIpc) is 2.74. The minimum atomic E-state index is -4.76. The van der Waals surface area contributed by atoms with Crippen molar-refractivity contribution in [2.75, 3.05) is 13.1 Å². The SMILES string of the molecule is O=C(NCCCC(Br)CCCNC(=O)c1ccc(OC(F)(F)F)cc1)c1ccccc1. The molecule has 31 heavy (non-hydrogen) atoms. The van der Waals surface area contributed by atoms with E-state index in [1.54, 1.807) is 12.1 Å². The van der Waals surface area contributed by atoms with Gasteiger partial charge in [-0.15, -0.1) is 13.2 Å². The summed E-state index contributed by atoms with van der Waals surface area (Å²) in [4.78, 5) is 24.3. The average molecular weight is 501 g/mol. The highest BCUT2D eigenvalue weighted by atomic mass is 79.9. The minimum absolute atomic E-state index is 0.0903. The van der Waals surface area contributed by atoms with Crippen LogP contribution < -0.4 is 15.4 Å². The topological polar surface area (TPSA) is 67.4 Å². The molecule has 168 valence electrons. The molecule has 2 rings (SSSR count). The number of hydrogen-bond donors (Lipinski definition) is 2. The molecule has 0 aromatic heterocycles. The van der Waals surface area contributed by atoms with Gasteiger partial charge in [-0.2, -0.15) is 0 Å². The zero-order valence-electron chi connectivity index (χ0n) is 16.8. The Morgan fingerprint density at radius 2 is 1.32 bits per heavy atom. The maximum atomic E-state index is 12.2. The highest BCUT2D eigenvalue weighted by Gasteiger charge is 2.31. The minimum Gasteiger partial charge on any atom is -0.406 e. The lowest BCUT2D eigenvalue weighted by atomic mass is 10.1. The van der Waals surface area contributed by atoms with Crippen LogP contribution >= 0.6 is 15.9 Å². The highest BCUT2D eigenvalue weighted by molar-refractivity contribution is 9.09. The van der Waals surface area contributed by atoms with Crippen molar-refractivity contribution >= 4 is 27.7 Å². The van der Waals surface area contributed by atoms with Crippen molar-refractivity contribution in [1.82, 2.24) is 10.6 Å². The molecule has 0 aliphatic heterocycles. The molecule has 1 atom stereocenters. The Labute approximate surface area is 187 Å². The van der Waals surface area contributed by atoms with Crippen molar-refractivity contribution in [2.45, 2.75) is 36.9 Å². The largest absolute Gasteiger partial charge is 0.573 e. The Bertz CT molecular complexity index is 830. The monoisotopic (exact) mass is 500 g/mol. The third-order valence-electron chi connectivity index (χ3n) is 4.35. The van der Waals surface area contributed by atoms with Crippen LogP contribution in [0.5, 0.6) is 5.75 Å². The number of hydrogen-bond acceptors (Lipinski definition) is 3. The van der Waals surface area contributed by atoms with Crippen LogP contribution in [-0.2, 0) is 0 Å². The van der Waals surface area contributed by atoms with E-state index in [9.17, 15) is 22.8 Å². The summed E-state index contributed by atoms with van der Waals surface area (Å²) >= 11 is 3.60. The van der Waals surface area contributed by atoms with Crippen LogP contribution in [0, 0.1) is 0 Å². The zero-order chi connectivity index (χ0) is 22.7. The molecule has 0 aliphatic carbocycles. The van der Waals surface area contributed by atoms with Crippen LogP contribution in [0.2, 0.25) is 0 Å². The van der Waals surface area contributed by atoms with Gasteiger partial charge in [-0.3, -0.25) is 9.59 Å². The molecule has 0 fully saturated rings. The van der Waals surface area contributed by atoms with Crippen molar-refractivity contribution in [3.8, 4) is 5.75 Å². The van der Waals surface area contributed by atoms with Gasteiger partial charge in [-0.1, -0.05) is 34.1 Å². The molecule has 0 saturated heterocycles. The van der Waals surface area contributed by atoms with Crippen LogP contribution in [-0.4, -0.2) is 36.1 Å². The molecule has 2 aromatic rings. The van der Waals surface area contributed by atoms with Gasteiger partial charge in [0.25, 0.3) is 11.8 Å².